The monoisotopic (exact) mass is 591 g/mol. The summed E-state index contributed by atoms with van der Waals surface area (Å²) in [7, 11) is 0. The molecule has 0 atom stereocenters. The van der Waals surface area contributed by atoms with Gasteiger partial charge in [0.15, 0.2) is 0 Å². The van der Waals surface area contributed by atoms with Gasteiger partial charge in [0.2, 0.25) is 0 Å². The Labute approximate surface area is 262 Å². The molecule has 5 nitrogen and oxygen atoms in total. The summed E-state index contributed by atoms with van der Waals surface area (Å²) >= 11 is 0. The predicted molar refractivity (Wildman–Crippen MR) is 189 cm³/mol. The Morgan fingerprint density at radius 2 is 0.913 bits per heavy atom. The summed E-state index contributed by atoms with van der Waals surface area (Å²) in [5, 5.41) is 11.6. The van der Waals surface area contributed by atoms with Crippen LogP contribution in [0.4, 0.5) is 0 Å². The van der Waals surface area contributed by atoms with E-state index in [2.05, 4.69) is 53.3 Å². The fraction of sp³-hybridized carbons (Fsp3) is 0.0732. The van der Waals surface area contributed by atoms with Crippen LogP contribution in [0.1, 0.15) is 16.7 Å². The van der Waals surface area contributed by atoms with E-state index in [1.807, 2.05) is 50.2 Å². The zero-order valence-electron chi connectivity index (χ0n) is 25.4. The predicted octanol–water partition coefficient (Wildman–Crippen LogP) is 8.92. The van der Waals surface area contributed by atoms with Crippen molar-refractivity contribution < 1.29 is 0 Å². The smallest absolute Gasteiger partial charge is 0.266 e. The number of fused-ring (bicyclic) bond motifs is 3. The Morgan fingerprint density at radius 1 is 0.478 bits per heavy atom. The average Bonchev–Trinajstić information content (AvgIpc) is 3.58. The van der Waals surface area contributed by atoms with Crippen molar-refractivity contribution in [2.45, 2.75) is 20.8 Å². The van der Waals surface area contributed by atoms with E-state index in [4.69, 9.17) is 0 Å². The third-order valence-corrected chi connectivity index (χ3v) is 10.4. The highest BCUT2D eigenvalue weighted by Gasteiger charge is 2.29. The molecule has 0 radical (unpaired) electrons. The van der Waals surface area contributed by atoms with Crippen LogP contribution in [-0.2, 0) is 0 Å². The maximum Gasteiger partial charge on any atom is 0.266 e. The molecule has 0 saturated heterocycles. The van der Waals surface area contributed by atoms with E-state index in [9.17, 15) is 9.59 Å². The van der Waals surface area contributed by atoms with Crippen molar-refractivity contribution in [2.24, 2.45) is 0 Å². The van der Waals surface area contributed by atoms with E-state index in [0.717, 1.165) is 87.4 Å². The molecule has 0 saturated carbocycles. The molecule has 3 aromatic heterocycles. The van der Waals surface area contributed by atoms with Gasteiger partial charge in [-0.15, -0.1) is 0 Å². The van der Waals surface area contributed by atoms with Crippen LogP contribution in [0.2, 0.25) is 0 Å². The van der Waals surface area contributed by atoms with Crippen molar-refractivity contribution in [1.82, 2.24) is 14.5 Å². The Morgan fingerprint density at radius 3 is 1.37 bits per heavy atom. The molecule has 0 aliphatic heterocycles. The molecule has 0 N–H and O–H groups in total. The summed E-state index contributed by atoms with van der Waals surface area (Å²) < 4.78 is 1.39. The van der Waals surface area contributed by atoms with Gasteiger partial charge in [-0.2, -0.15) is 0 Å². The highest BCUT2D eigenvalue weighted by atomic mass is 16.2. The highest BCUT2D eigenvalue weighted by Crippen LogP contribution is 2.53. The normalized spacial score (nSPS) is 12.4. The van der Waals surface area contributed by atoms with Crippen LogP contribution < -0.4 is 11.1 Å². The van der Waals surface area contributed by atoms with E-state index in [1.54, 1.807) is 24.8 Å². The summed E-state index contributed by atoms with van der Waals surface area (Å²) in [5.41, 5.74) is 7.38. The van der Waals surface area contributed by atoms with Crippen LogP contribution >= 0.6 is 0 Å². The first kappa shape index (κ1) is 25.4. The van der Waals surface area contributed by atoms with Crippen LogP contribution in [0.25, 0.3) is 92.6 Å². The van der Waals surface area contributed by atoms with Gasteiger partial charge >= 0.3 is 0 Å². The maximum absolute atomic E-state index is 14.7. The number of pyridine rings is 2. The Hall–Kier alpha value is -5.94. The Kier molecular flexibility index (Phi) is 4.75. The average molecular weight is 592 g/mol. The molecule has 0 unspecified atom stereocenters. The molecule has 216 valence electrons. The van der Waals surface area contributed by atoms with Gasteiger partial charge in [0.25, 0.3) is 11.1 Å². The first-order valence-electron chi connectivity index (χ1n) is 15.5. The molecule has 0 bridgehead atoms. The van der Waals surface area contributed by atoms with Gasteiger partial charge < -0.3 is 0 Å². The fourth-order valence-corrected chi connectivity index (χ4v) is 8.10. The Bertz CT molecular complexity index is 2770. The first-order valence-corrected chi connectivity index (χ1v) is 15.5. The number of nitrogens with zero attached hydrogens (tertiary/aromatic N) is 3. The van der Waals surface area contributed by atoms with Crippen LogP contribution in [-0.4, -0.2) is 14.5 Å². The van der Waals surface area contributed by atoms with Crippen LogP contribution in [0.15, 0.2) is 107 Å². The molecule has 0 fully saturated rings. The molecule has 0 aliphatic carbocycles. The summed E-state index contributed by atoms with van der Waals surface area (Å²) in [4.78, 5) is 38.0. The van der Waals surface area contributed by atoms with Crippen molar-refractivity contribution in [3.05, 3.63) is 135 Å². The van der Waals surface area contributed by atoms with Gasteiger partial charge in [-0.25, -0.2) is 4.57 Å². The first-order chi connectivity index (χ1) is 22.4. The standard InChI is InChI=1S/C41H25N3O2/c1-20-16-26(17-21(2)22(20)3)44-40(45)38-31-18-29(23-8-12-42-13-9-23)27-6-4-25-5-7-28-30(24-10-14-43-15-11-24)19-32(39(38)41(44)46)37-35(28)33(25)34(27)36(31)37/h4-19H,1-3H3. The number of benzene rings is 6. The lowest BCUT2D eigenvalue weighted by atomic mass is 9.89. The number of hydrogen-bond donors (Lipinski definition) is 0. The SMILES string of the molecule is Cc1cc(-n2c(=O)c3c4cc(-c5ccncc5)c5ccc6ccc7c(-c8ccncc8)cc(c3c2=O)c2c7c6c5c42)cc(C)c1C. The topological polar surface area (TPSA) is 64.8 Å². The summed E-state index contributed by atoms with van der Waals surface area (Å²) in [6, 6.07) is 25.0. The molecule has 10 aromatic rings. The Balaban J connectivity index is 1.52. The molecule has 5 heteroatoms. The minimum atomic E-state index is -0.279. The highest BCUT2D eigenvalue weighted by molar-refractivity contribution is 6.50. The van der Waals surface area contributed by atoms with Crippen molar-refractivity contribution in [3.8, 4) is 27.9 Å². The number of hydrogen-bond acceptors (Lipinski definition) is 4. The van der Waals surface area contributed by atoms with Crippen LogP contribution in [0, 0.1) is 20.8 Å². The maximum atomic E-state index is 14.7. The second-order valence-electron chi connectivity index (χ2n) is 12.6. The molecule has 10 rings (SSSR count). The zero-order chi connectivity index (χ0) is 31.0. The number of rotatable bonds is 3. The van der Waals surface area contributed by atoms with Gasteiger partial charge in [-0.3, -0.25) is 19.6 Å². The summed E-state index contributed by atoms with van der Waals surface area (Å²) in [6.07, 6.45) is 7.19. The lowest BCUT2D eigenvalue weighted by molar-refractivity contribution is 0.982. The van der Waals surface area contributed by atoms with Crippen molar-refractivity contribution >= 4 is 64.6 Å². The van der Waals surface area contributed by atoms with E-state index >= 15 is 0 Å². The molecule has 46 heavy (non-hydrogen) atoms. The van der Waals surface area contributed by atoms with Gasteiger partial charge in [0.1, 0.15) is 0 Å². The molecule has 0 spiro atoms. The van der Waals surface area contributed by atoms with Gasteiger partial charge in [-0.1, -0.05) is 24.3 Å². The quantitative estimate of drug-likeness (QED) is 0.193. The second kappa shape index (κ2) is 8.61. The molecule has 7 aromatic carbocycles. The molecular weight excluding hydrogens is 566 g/mol. The number of aryl methyl sites for hydroxylation is 2. The third kappa shape index (κ3) is 3.00. The second-order valence-corrected chi connectivity index (χ2v) is 12.6. The zero-order valence-corrected chi connectivity index (χ0v) is 25.4. The third-order valence-electron chi connectivity index (χ3n) is 10.4. The summed E-state index contributed by atoms with van der Waals surface area (Å²) in [6.45, 7) is 6.12. The van der Waals surface area contributed by atoms with E-state index in [-0.39, 0.29) is 11.1 Å². The molecule has 0 amide bonds. The minimum Gasteiger partial charge on any atom is -0.268 e. The fourth-order valence-electron chi connectivity index (χ4n) is 8.10. The van der Waals surface area contributed by atoms with Gasteiger partial charge in [-0.05, 0) is 162 Å². The lowest BCUT2D eigenvalue weighted by Gasteiger charge is -2.12. The number of aromatic nitrogens is 3. The van der Waals surface area contributed by atoms with E-state index < -0.39 is 0 Å². The van der Waals surface area contributed by atoms with E-state index in [1.165, 1.54) is 9.95 Å². The van der Waals surface area contributed by atoms with Crippen LogP contribution in [0.3, 0.4) is 0 Å². The van der Waals surface area contributed by atoms with E-state index in [0.29, 0.717) is 16.5 Å². The van der Waals surface area contributed by atoms with Crippen LogP contribution in [0.5, 0.6) is 0 Å². The van der Waals surface area contributed by atoms with Gasteiger partial charge in [0.05, 0.1) is 16.5 Å². The van der Waals surface area contributed by atoms with Crippen molar-refractivity contribution in [3.63, 3.8) is 0 Å². The molecular formula is C41H25N3O2. The minimum absolute atomic E-state index is 0.279. The molecule has 0 aliphatic rings. The van der Waals surface area contributed by atoms with Crippen molar-refractivity contribution in [1.29, 1.82) is 0 Å². The summed E-state index contributed by atoms with van der Waals surface area (Å²) in [5.74, 6) is 0. The largest absolute Gasteiger partial charge is 0.268 e. The van der Waals surface area contributed by atoms with Gasteiger partial charge in [0, 0.05) is 24.8 Å². The molecule has 3 heterocycles. The lowest BCUT2D eigenvalue weighted by Crippen LogP contribution is -2.23. The van der Waals surface area contributed by atoms with Crippen molar-refractivity contribution in [2.75, 3.05) is 0 Å².